The zero-order valence-corrected chi connectivity index (χ0v) is 12.4. The van der Waals surface area contributed by atoms with E-state index >= 15 is 0 Å². The first kappa shape index (κ1) is 13.1. The van der Waals surface area contributed by atoms with Crippen molar-refractivity contribution in [2.45, 2.75) is 6.54 Å². The predicted octanol–water partition coefficient (Wildman–Crippen LogP) is 3.19. The fourth-order valence-electron chi connectivity index (χ4n) is 2.01. The number of ether oxygens (including phenoxy) is 3. The van der Waals surface area contributed by atoms with E-state index in [-0.39, 0.29) is 6.79 Å². The highest BCUT2D eigenvalue weighted by molar-refractivity contribution is 9.10. The highest BCUT2D eigenvalue weighted by atomic mass is 79.9. The third kappa shape index (κ3) is 2.51. The summed E-state index contributed by atoms with van der Waals surface area (Å²) in [5.74, 6) is 2.09. The van der Waals surface area contributed by atoms with Gasteiger partial charge in [0.25, 0.3) is 0 Å². The van der Waals surface area contributed by atoms with Crippen LogP contribution in [0.5, 0.6) is 17.4 Å². The van der Waals surface area contributed by atoms with Gasteiger partial charge in [0.1, 0.15) is 0 Å². The highest BCUT2D eigenvalue weighted by Gasteiger charge is 2.17. The summed E-state index contributed by atoms with van der Waals surface area (Å²) in [6.07, 6.45) is 1.70. The van der Waals surface area contributed by atoms with Crippen LogP contribution in [0.2, 0.25) is 0 Å². The molecule has 0 atom stereocenters. The maximum atomic E-state index is 5.40. The molecule has 0 amide bonds. The van der Waals surface area contributed by atoms with E-state index in [1.54, 1.807) is 13.3 Å². The molecule has 2 aromatic rings. The van der Waals surface area contributed by atoms with Crippen molar-refractivity contribution < 1.29 is 14.2 Å². The molecule has 0 spiro atoms. The molecule has 20 heavy (non-hydrogen) atoms. The smallest absolute Gasteiger partial charge is 0.237 e. The number of methoxy groups -OCH3 is 1. The molecule has 3 rings (SSSR count). The topological polar surface area (TPSA) is 52.6 Å². The van der Waals surface area contributed by atoms with Gasteiger partial charge in [-0.2, -0.15) is 0 Å². The Hall–Kier alpha value is -1.95. The number of halogens is 1. The third-order valence-electron chi connectivity index (χ3n) is 2.93. The fourth-order valence-corrected chi connectivity index (χ4v) is 2.61. The zero-order chi connectivity index (χ0) is 13.9. The summed E-state index contributed by atoms with van der Waals surface area (Å²) in [6, 6.07) is 7.75. The van der Waals surface area contributed by atoms with Gasteiger partial charge in [-0.3, -0.25) is 0 Å². The molecule has 2 heterocycles. The number of aromatic nitrogens is 1. The second-order valence-corrected chi connectivity index (χ2v) is 5.08. The van der Waals surface area contributed by atoms with Crippen molar-refractivity contribution in [3.8, 4) is 17.4 Å². The Morgan fingerprint density at radius 2 is 2.30 bits per heavy atom. The molecule has 0 unspecified atom stereocenters. The second-order valence-electron chi connectivity index (χ2n) is 4.23. The summed E-state index contributed by atoms with van der Waals surface area (Å²) >= 11 is 3.48. The van der Waals surface area contributed by atoms with Crippen LogP contribution in [0, 0.1) is 0 Å². The van der Waals surface area contributed by atoms with Crippen molar-refractivity contribution in [3.05, 3.63) is 40.5 Å². The molecule has 0 saturated carbocycles. The predicted molar refractivity (Wildman–Crippen MR) is 78.4 cm³/mol. The van der Waals surface area contributed by atoms with E-state index in [9.17, 15) is 0 Å². The van der Waals surface area contributed by atoms with Crippen LogP contribution in [-0.2, 0) is 6.54 Å². The van der Waals surface area contributed by atoms with Crippen molar-refractivity contribution in [2.24, 2.45) is 0 Å². The van der Waals surface area contributed by atoms with E-state index in [0.29, 0.717) is 12.4 Å². The minimum atomic E-state index is 0.265. The van der Waals surface area contributed by atoms with Crippen molar-refractivity contribution in [1.82, 2.24) is 4.98 Å². The summed E-state index contributed by atoms with van der Waals surface area (Å²) < 4.78 is 16.9. The van der Waals surface area contributed by atoms with Crippen molar-refractivity contribution in [1.29, 1.82) is 0 Å². The molecular formula is C14H13BrN2O3. The van der Waals surface area contributed by atoms with Crippen molar-refractivity contribution >= 4 is 21.6 Å². The molecule has 0 saturated heterocycles. The molecule has 0 fully saturated rings. The van der Waals surface area contributed by atoms with Crippen LogP contribution in [0.3, 0.4) is 0 Å². The first-order valence-electron chi connectivity index (χ1n) is 6.09. The summed E-state index contributed by atoms with van der Waals surface area (Å²) in [6.45, 7) is 0.901. The Balaban J connectivity index is 1.77. The Labute approximate surface area is 125 Å². The van der Waals surface area contributed by atoms with Gasteiger partial charge in [-0.25, -0.2) is 4.98 Å². The number of benzene rings is 1. The van der Waals surface area contributed by atoms with Crippen LogP contribution >= 0.6 is 15.9 Å². The number of nitrogens with one attached hydrogen (secondary N) is 1. The van der Waals surface area contributed by atoms with Gasteiger partial charge in [0.2, 0.25) is 12.7 Å². The fraction of sp³-hybridized carbons (Fsp3) is 0.214. The van der Waals surface area contributed by atoms with Gasteiger partial charge in [-0.15, -0.1) is 0 Å². The molecule has 5 nitrogen and oxygen atoms in total. The largest absolute Gasteiger partial charge is 0.480 e. The molecule has 0 bridgehead atoms. The molecule has 1 aromatic heterocycles. The van der Waals surface area contributed by atoms with Gasteiger partial charge >= 0.3 is 0 Å². The van der Waals surface area contributed by atoms with Gasteiger partial charge in [0, 0.05) is 12.7 Å². The molecule has 104 valence electrons. The van der Waals surface area contributed by atoms with Gasteiger partial charge < -0.3 is 19.5 Å². The van der Waals surface area contributed by atoms with Crippen LogP contribution in [0.4, 0.5) is 5.69 Å². The van der Waals surface area contributed by atoms with E-state index in [1.165, 1.54) is 0 Å². The Bertz CT molecular complexity index is 634. The molecule has 1 aliphatic heterocycles. The maximum absolute atomic E-state index is 5.40. The molecule has 0 radical (unpaired) electrons. The summed E-state index contributed by atoms with van der Waals surface area (Å²) in [4.78, 5) is 4.15. The average molecular weight is 337 g/mol. The minimum Gasteiger partial charge on any atom is -0.480 e. The lowest BCUT2D eigenvalue weighted by molar-refractivity contribution is 0.173. The SMILES string of the molecule is COc1ncccc1NCc1cc(Br)c2c(c1)OCO2. The molecule has 1 aliphatic rings. The lowest BCUT2D eigenvalue weighted by Crippen LogP contribution is -2.02. The van der Waals surface area contributed by atoms with Crippen LogP contribution in [-0.4, -0.2) is 18.9 Å². The van der Waals surface area contributed by atoms with Crippen molar-refractivity contribution in [3.63, 3.8) is 0 Å². The van der Waals surface area contributed by atoms with Gasteiger partial charge in [0.05, 0.1) is 17.3 Å². The third-order valence-corrected chi connectivity index (χ3v) is 3.52. The van der Waals surface area contributed by atoms with Gasteiger partial charge in [-0.1, -0.05) is 0 Å². The highest BCUT2D eigenvalue weighted by Crippen LogP contribution is 2.40. The standard InChI is InChI=1S/C14H13BrN2O3/c1-18-14-11(3-2-4-16-14)17-7-9-5-10(15)13-12(6-9)19-8-20-13/h2-6,17H,7-8H2,1H3. The number of hydrogen-bond donors (Lipinski definition) is 1. The van der Waals surface area contributed by atoms with E-state index in [1.807, 2.05) is 24.3 Å². The van der Waals surface area contributed by atoms with Gasteiger partial charge in [0.15, 0.2) is 11.5 Å². The van der Waals surface area contributed by atoms with E-state index in [2.05, 4.69) is 26.2 Å². The van der Waals surface area contributed by atoms with Crippen LogP contribution in [0.15, 0.2) is 34.9 Å². The number of nitrogens with zero attached hydrogens (tertiary/aromatic N) is 1. The summed E-state index contributed by atoms with van der Waals surface area (Å²) in [7, 11) is 1.60. The second kappa shape index (κ2) is 5.58. The Kier molecular flexibility index (Phi) is 3.64. The molecule has 0 aliphatic carbocycles. The molecular weight excluding hydrogens is 324 g/mol. The summed E-state index contributed by atoms with van der Waals surface area (Å²) in [5.41, 5.74) is 1.93. The minimum absolute atomic E-state index is 0.265. The quantitative estimate of drug-likeness (QED) is 0.929. The maximum Gasteiger partial charge on any atom is 0.237 e. The normalized spacial score (nSPS) is 12.3. The number of pyridine rings is 1. The number of fused-ring (bicyclic) bond motifs is 1. The van der Waals surface area contributed by atoms with Crippen molar-refractivity contribution in [2.75, 3.05) is 19.2 Å². The van der Waals surface area contributed by atoms with E-state index < -0.39 is 0 Å². The lowest BCUT2D eigenvalue weighted by atomic mass is 10.2. The number of rotatable bonds is 4. The van der Waals surface area contributed by atoms with E-state index in [4.69, 9.17) is 14.2 Å². The Morgan fingerprint density at radius 1 is 1.40 bits per heavy atom. The zero-order valence-electron chi connectivity index (χ0n) is 10.9. The molecule has 1 aromatic carbocycles. The lowest BCUT2D eigenvalue weighted by Gasteiger charge is -2.10. The van der Waals surface area contributed by atoms with Crippen LogP contribution < -0.4 is 19.5 Å². The van der Waals surface area contributed by atoms with Crippen LogP contribution in [0.25, 0.3) is 0 Å². The molecule has 1 N–H and O–H groups in total. The van der Waals surface area contributed by atoms with Gasteiger partial charge in [-0.05, 0) is 45.8 Å². The first-order valence-corrected chi connectivity index (χ1v) is 6.88. The first-order chi connectivity index (χ1) is 9.78. The monoisotopic (exact) mass is 336 g/mol. The summed E-state index contributed by atoms with van der Waals surface area (Å²) in [5, 5.41) is 3.29. The van der Waals surface area contributed by atoms with E-state index in [0.717, 1.165) is 27.2 Å². The number of anilines is 1. The van der Waals surface area contributed by atoms with Crippen LogP contribution in [0.1, 0.15) is 5.56 Å². The molecule has 6 heteroatoms. The number of hydrogen-bond acceptors (Lipinski definition) is 5. The average Bonchev–Trinajstić information content (AvgIpc) is 2.94. The Morgan fingerprint density at radius 3 is 3.15 bits per heavy atom.